The van der Waals surface area contributed by atoms with Gasteiger partial charge in [0.2, 0.25) is 0 Å². The van der Waals surface area contributed by atoms with Crippen molar-refractivity contribution in [1.29, 1.82) is 0 Å². The van der Waals surface area contributed by atoms with Crippen molar-refractivity contribution in [3.05, 3.63) is 29.8 Å². The molecule has 0 aromatic heterocycles. The molecule has 1 atom stereocenters. The minimum atomic E-state index is -0.587. The molecular weight excluding hydrogens is 143 g/mol. The first kappa shape index (κ1) is 8.01. The number of benzene rings is 1. The number of anilines is 1. The highest BCUT2D eigenvalue weighted by Crippen LogP contribution is 2.17. The van der Waals surface area contributed by atoms with Crippen LogP contribution in [0.15, 0.2) is 24.3 Å². The molecule has 0 aliphatic carbocycles. The topological polar surface area (TPSA) is 52.0 Å². The summed E-state index contributed by atoms with van der Waals surface area (Å²) in [5.74, 6) is 0. The fourth-order valence-electron chi connectivity index (χ4n) is 0.932. The summed E-state index contributed by atoms with van der Waals surface area (Å²) in [5.41, 5.74) is 12.2. The zero-order valence-corrected chi connectivity index (χ0v) is 6.13. The average molecular weight is 154 g/mol. The Kier molecular flexibility index (Phi) is 2.44. The standard InChI is InChI=1S/C8H11FN2/c9-5-8(11)6-3-1-2-4-7(6)10/h1-4,8H,5,10-11H2. The summed E-state index contributed by atoms with van der Waals surface area (Å²) in [6, 6.07) is 6.45. The van der Waals surface area contributed by atoms with E-state index >= 15 is 0 Å². The van der Waals surface area contributed by atoms with Crippen LogP contribution in [0.25, 0.3) is 0 Å². The predicted molar refractivity (Wildman–Crippen MR) is 43.8 cm³/mol. The summed E-state index contributed by atoms with van der Waals surface area (Å²) in [4.78, 5) is 0. The molecule has 0 fully saturated rings. The summed E-state index contributed by atoms with van der Waals surface area (Å²) in [5, 5.41) is 0. The number of nitrogen functional groups attached to an aromatic ring is 1. The van der Waals surface area contributed by atoms with E-state index in [1.807, 2.05) is 0 Å². The second kappa shape index (κ2) is 3.34. The van der Waals surface area contributed by atoms with Crippen LogP contribution in [0.1, 0.15) is 11.6 Å². The third-order valence-corrected chi connectivity index (χ3v) is 1.56. The molecule has 0 aliphatic heterocycles. The number of para-hydroxylation sites is 1. The van der Waals surface area contributed by atoms with Crippen LogP contribution in [0, 0.1) is 0 Å². The molecule has 1 aromatic carbocycles. The van der Waals surface area contributed by atoms with E-state index in [2.05, 4.69) is 0 Å². The number of halogens is 1. The maximum absolute atomic E-state index is 12.1. The summed E-state index contributed by atoms with van der Waals surface area (Å²) in [6.45, 7) is -0.575. The van der Waals surface area contributed by atoms with Gasteiger partial charge in [-0.15, -0.1) is 0 Å². The van der Waals surface area contributed by atoms with Crippen LogP contribution < -0.4 is 11.5 Å². The Morgan fingerprint density at radius 1 is 1.36 bits per heavy atom. The lowest BCUT2D eigenvalue weighted by molar-refractivity contribution is 0.438. The van der Waals surface area contributed by atoms with Gasteiger partial charge in [-0.05, 0) is 11.6 Å². The van der Waals surface area contributed by atoms with Gasteiger partial charge in [0.25, 0.3) is 0 Å². The third-order valence-electron chi connectivity index (χ3n) is 1.56. The van der Waals surface area contributed by atoms with Gasteiger partial charge in [0.05, 0.1) is 6.04 Å². The van der Waals surface area contributed by atoms with E-state index in [-0.39, 0.29) is 0 Å². The zero-order chi connectivity index (χ0) is 8.27. The molecule has 0 radical (unpaired) electrons. The molecular formula is C8H11FN2. The number of hydrogen-bond acceptors (Lipinski definition) is 2. The Morgan fingerprint density at radius 2 is 2.00 bits per heavy atom. The fraction of sp³-hybridized carbons (Fsp3) is 0.250. The van der Waals surface area contributed by atoms with Crippen LogP contribution in [0.3, 0.4) is 0 Å². The van der Waals surface area contributed by atoms with Crippen LogP contribution in [-0.4, -0.2) is 6.67 Å². The van der Waals surface area contributed by atoms with Crippen LogP contribution in [0.5, 0.6) is 0 Å². The predicted octanol–water partition coefficient (Wildman–Crippen LogP) is 1.24. The number of hydrogen-bond donors (Lipinski definition) is 2. The summed E-state index contributed by atoms with van der Waals surface area (Å²) in [6.07, 6.45) is 0. The summed E-state index contributed by atoms with van der Waals surface area (Å²) >= 11 is 0. The van der Waals surface area contributed by atoms with Crippen molar-refractivity contribution in [2.45, 2.75) is 6.04 Å². The maximum atomic E-state index is 12.1. The fourth-order valence-corrected chi connectivity index (χ4v) is 0.932. The van der Waals surface area contributed by atoms with E-state index in [4.69, 9.17) is 11.5 Å². The third kappa shape index (κ3) is 1.68. The lowest BCUT2D eigenvalue weighted by Crippen LogP contribution is -2.13. The zero-order valence-electron chi connectivity index (χ0n) is 6.13. The van der Waals surface area contributed by atoms with E-state index in [9.17, 15) is 4.39 Å². The molecule has 2 nitrogen and oxygen atoms in total. The van der Waals surface area contributed by atoms with E-state index in [0.717, 1.165) is 0 Å². The highest BCUT2D eigenvalue weighted by atomic mass is 19.1. The molecule has 4 N–H and O–H groups in total. The molecule has 0 amide bonds. The molecule has 1 rings (SSSR count). The highest BCUT2D eigenvalue weighted by Gasteiger charge is 2.06. The minimum absolute atomic E-state index is 0.553. The van der Waals surface area contributed by atoms with Crippen molar-refractivity contribution in [1.82, 2.24) is 0 Å². The van der Waals surface area contributed by atoms with Gasteiger partial charge in [0.1, 0.15) is 6.67 Å². The Bertz CT molecular complexity index is 237. The molecule has 1 aromatic rings. The van der Waals surface area contributed by atoms with Crippen molar-refractivity contribution in [2.75, 3.05) is 12.4 Å². The van der Waals surface area contributed by atoms with Gasteiger partial charge in [-0.25, -0.2) is 4.39 Å². The van der Waals surface area contributed by atoms with Crippen molar-refractivity contribution in [3.63, 3.8) is 0 Å². The van der Waals surface area contributed by atoms with Gasteiger partial charge in [0, 0.05) is 5.69 Å². The van der Waals surface area contributed by atoms with Crippen molar-refractivity contribution in [2.24, 2.45) is 5.73 Å². The van der Waals surface area contributed by atoms with E-state index < -0.39 is 12.7 Å². The lowest BCUT2D eigenvalue weighted by Gasteiger charge is -2.09. The first-order valence-electron chi connectivity index (χ1n) is 3.41. The molecule has 60 valence electrons. The normalized spacial score (nSPS) is 12.9. The molecule has 11 heavy (non-hydrogen) atoms. The van der Waals surface area contributed by atoms with Crippen molar-refractivity contribution >= 4 is 5.69 Å². The smallest absolute Gasteiger partial charge is 0.109 e. The molecule has 0 heterocycles. The van der Waals surface area contributed by atoms with Gasteiger partial charge in [0.15, 0.2) is 0 Å². The lowest BCUT2D eigenvalue weighted by atomic mass is 10.1. The van der Waals surface area contributed by atoms with E-state index in [0.29, 0.717) is 11.3 Å². The molecule has 1 unspecified atom stereocenters. The SMILES string of the molecule is Nc1ccccc1C(N)CF. The number of nitrogens with two attached hydrogens (primary N) is 2. The Morgan fingerprint density at radius 3 is 2.55 bits per heavy atom. The van der Waals surface area contributed by atoms with Gasteiger partial charge in [-0.3, -0.25) is 0 Å². The molecule has 0 saturated carbocycles. The monoisotopic (exact) mass is 154 g/mol. The minimum Gasteiger partial charge on any atom is -0.398 e. The molecule has 0 bridgehead atoms. The molecule has 0 aliphatic rings. The maximum Gasteiger partial charge on any atom is 0.109 e. The first-order valence-corrected chi connectivity index (χ1v) is 3.41. The Hall–Kier alpha value is -1.09. The van der Waals surface area contributed by atoms with Crippen LogP contribution in [0.4, 0.5) is 10.1 Å². The first-order chi connectivity index (χ1) is 5.25. The van der Waals surface area contributed by atoms with Gasteiger partial charge in [-0.2, -0.15) is 0 Å². The Labute approximate surface area is 65.0 Å². The van der Waals surface area contributed by atoms with Crippen LogP contribution in [0.2, 0.25) is 0 Å². The molecule has 0 spiro atoms. The van der Waals surface area contributed by atoms with Crippen LogP contribution >= 0.6 is 0 Å². The largest absolute Gasteiger partial charge is 0.398 e. The van der Waals surface area contributed by atoms with E-state index in [1.165, 1.54) is 0 Å². The van der Waals surface area contributed by atoms with E-state index in [1.54, 1.807) is 24.3 Å². The summed E-state index contributed by atoms with van der Waals surface area (Å²) < 4.78 is 12.1. The summed E-state index contributed by atoms with van der Waals surface area (Å²) in [7, 11) is 0. The second-order valence-corrected chi connectivity index (χ2v) is 2.39. The second-order valence-electron chi connectivity index (χ2n) is 2.39. The van der Waals surface area contributed by atoms with Gasteiger partial charge in [-0.1, -0.05) is 18.2 Å². The van der Waals surface area contributed by atoms with Gasteiger partial charge >= 0.3 is 0 Å². The number of alkyl halides is 1. The van der Waals surface area contributed by atoms with Crippen LogP contribution in [-0.2, 0) is 0 Å². The Balaban J connectivity index is 2.93. The van der Waals surface area contributed by atoms with Gasteiger partial charge < -0.3 is 11.5 Å². The molecule has 0 saturated heterocycles. The van der Waals surface area contributed by atoms with Crippen molar-refractivity contribution < 1.29 is 4.39 Å². The highest BCUT2D eigenvalue weighted by molar-refractivity contribution is 5.47. The number of rotatable bonds is 2. The quantitative estimate of drug-likeness (QED) is 0.629. The van der Waals surface area contributed by atoms with Crippen molar-refractivity contribution in [3.8, 4) is 0 Å². The molecule has 3 heteroatoms. The average Bonchev–Trinajstić information content (AvgIpc) is 2.04.